The van der Waals surface area contributed by atoms with Crippen LogP contribution in [-0.2, 0) is 6.42 Å². The second-order valence-electron chi connectivity index (χ2n) is 2.53. The molecule has 1 rings (SSSR count). The minimum atomic E-state index is -0.988. The summed E-state index contributed by atoms with van der Waals surface area (Å²) in [5.41, 5.74) is 2.67. The highest BCUT2D eigenvalue weighted by atomic mass is 32.1. The molecule has 1 amide bonds. The van der Waals surface area contributed by atoms with Crippen molar-refractivity contribution in [1.29, 1.82) is 0 Å². The Morgan fingerprint density at radius 3 is 3.17 bits per heavy atom. The molecule has 2 N–H and O–H groups in total. The van der Waals surface area contributed by atoms with Crippen molar-refractivity contribution < 1.29 is 9.90 Å². The summed E-state index contributed by atoms with van der Waals surface area (Å²) in [4.78, 5) is 14.3. The van der Waals surface area contributed by atoms with Gasteiger partial charge in [-0.2, -0.15) is 0 Å². The predicted molar refractivity (Wildman–Crippen MR) is 46.4 cm³/mol. The summed E-state index contributed by atoms with van der Waals surface area (Å²) in [6, 6.07) is -0.0791. The van der Waals surface area contributed by atoms with Gasteiger partial charge in [0.2, 0.25) is 0 Å². The zero-order valence-corrected chi connectivity index (χ0v) is 7.47. The van der Waals surface area contributed by atoms with E-state index in [0.29, 0.717) is 6.42 Å². The Labute approximate surface area is 74.3 Å². The Morgan fingerprint density at radius 1 is 1.92 bits per heavy atom. The predicted octanol–water partition coefficient (Wildman–Crippen LogP) is 1.34. The summed E-state index contributed by atoms with van der Waals surface area (Å²) in [5, 5.41) is 12.7. The molecular formula is C7H10N2O2S. The van der Waals surface area contributed by atoms with E-state index >= 15 is 0 Å². The molecule has 0 saturated heterocycles. The molecule has 0 aliphatic carbocycles. The SMILES string of the molecule is CC(Cc1cscn1)NC(=O)O. The van der Waals surface area contributed by atoms with Crippen LogP contribution in [0.25, 0.3) is 0 Å². The highest BCUT2D eigenvalue weighted by Crippen LogP contribution is 2.03. The van der Waals surface area contributed by atoms with Crippen LogP contribution < -0.4 is 5.32 Å². The third kappa shape index (κ3) is 2.87. The van der Waals surface area contributed by atoms with Crippen molar-refractivity contribution in [1.82, 2.24) is 10.3 Å². The van der Waals surface area contributed by atoms with E-state index in [0.717, 1.165) is 5.69 Å². The first-order valence-corrected chi connectivity index (χ1v) is 4.49. The van der Waals surface area contributed by atoms with Gasteiger partial charge in [0.1, 0.15) is 0 Å². The molecule has 0 aliphatic rings. The molecule has 1 unspecified atom stereocenters. The fraction of sp³-hybridized carbons (Fsp3) is 0.429. The van der Waals surface area contributed by atoms with E-state index in [1.54, 1.807) is 5.51 Å². The first-order valence-electron chi connectivity index (χ1n) is 3.55. The number of hydrogen-bond donors (Lipinski definition) is 2. The fourth-order valence-electron chi connectivity index (χ4n) is 0.914. The number of nitrogens with one attached hydrogen (secondary N) is 1. The van der Waals surface area contributed by atoms with E-state index in [2.05, 4.69) is 10.3 Å². The summed E-state index contributed by atoms with van der Waals surface area (Å²) >= 11 is 1.51. The summed E-state index contributed by atoms with van der Waals surface area (Å²) in [7, 11) is 0. The molecule has 0 fully saturated rings. The smallest absolute Gasteiger partial charge is 0.404 e. The first kappa shape index (κ1) is 8.99. The molecular weight excluding hydrogens is 176 g/mol. The number of amides is 1. The summed E-state index contributed by atoms with van der Waals surface area (Å²) in [5.74, 6) is 0. The zero-order chi connectivity index (χ0) is 8.97. The third-order valence-corrected chi connectivity index (χ3v) is 2.00. The van der Waals surface area contributed by atoms with E-state index in [1.807, 2.05) is 12.3 Å². The van der Waals surface area contributed by atoms with Crippen LogP contribution in [0.1, 0.15) is 12.6 Å². The van der Waals surface area contributed by atoms with Gasteiger partial charge in [0, 0.05) is 17.8 Å². The lowest BCUT2D eigenvalue weighted by Crippen LogP contribution is -2.32. The molecule has 0 aromatic carbocycles. The van der Waals surface area contributed by atoms with Crippen molar-refractivity contribution in [2.24, 2.45) is 0 Å². The van der Waals surface area contributed by atoms with E-state index < -0.39 is 6.09 Å². The van der Waals surface area contributed by atoms with E-state index in [1.165, 1.54) is 11.3 Å². The van der Waals surface area contributed by atoms with E-state index in [-0.39, 0.29) is 6.04 Å². The van der Waals surface area contributed by atoms with Gasteiger partial charge in [-0.25, -0.2) is 9.78 Å². The average molecular weight is 186 g/mol. The Kier molecular flexibility index (Phi) is 3.04. The molecule has 4 nitrogen and oxygen atoms in total. The first-order chi connectivity index (χ1) is 5.68. The lowest BCUT2D eigenvalue weighted by molar-refractivity contribution is 0.190. The maximum atomic E-state index is 10.2. The quantitative estimate of drug-likeness (QED) is 0.748. The van der Waals surface area contributed by atoms with Crippen LogP contribution in [0.15, 0.2) is 10.9 Å². The fourth-order valence-corrected chi connectivity index (χ4v) is 1.49. The van der Waals surface area contributed by atoms with Crippen LogP contribution in [0.2, 0.25) is 0 Å². The highest BCUT2D eigenvalue weighted by molar-refractivity contribution is 7.07. The second-order valence-corrected chi connectivity index (χ2v) is 3.25. The van der Waals surface area contributed by atoms with Crippen molar-refractivity contribution in [3.8, 4) is 0 Å². The highest BCUT2D eigenvalue weighted by Gasteiger charge is 2.06. The van der Waals surface area contributed by atoms with Gasteiger partial charge >= 0.3 is 6.09 Å². The number of nitrogens with zero attached hydrogens (tertiary/aromatic N) is 1. The van der Waals surface area contributed by atoms with Crippen LogP contribution in [0.3, 0.4) is 0 Å². The molecule has 1 aromatic rings. The summed E-state index contributed by atoms with van der Waals surface area (Å²) in [6.07, 6.45) is -0.340. The standard InChI is InChI=1S/C7H10N2O2S/c1-5(9-7(10)11)2-6-3-12-4-8-6/h3-5,9H,2H2,1H3,(H,10,11). The summed E-state index contributed by atoms with van der Waals surface area (Å²) in [6.45, 7) is 1.81. The van der Waals surface area contributed by atoms with Gasteiger partial charge in [0.05, 0.1) is 11.2 Å². The van der Waals surface area contributed by atoms with Gasteiger partial charge in [-0.15, -0.1) is 11.3 Å². The molecule has 0 bridgehead atoms. The van der Waals surface area contributed by atoms with Crippen molar-refractivity contribution in [3.63, 3.8) is 0 Å². The number of rotatable bonds is 3. The third-order valence-electron chi connectivity index (χ3n) is 1.37. The van der Waals surface area contributed by atoms with Crippen LogP contribution in [0, 0.1) is 0 Å². The van der Waals surface area contributed by atoms with Gasteiger partial charge in [-0.3, -0.25) is 0 Å². The number of carbonyl (C=O) groups is 1. The lowest BCUT2D eigenvalue weighted by Gasteiger charge is -2.08. The molecule has 1 atom stereocenters. The minimum Gasteiger partial charge on any atom is -0.465 e. The number of hydrogen-bond acceptors (Lipinski definition) is 3. The average Bonchev–Trinajstić information content (AvgIpc) is 2.37. The molecule has 1 heterocycles. The Balaban J connectivity index is 2.36. The molecule has 12 heavy (non-hydrogen) atoms. The topological polar surface area (TPSA) is 62.2 Å². The van der Waals surface area contributed by atoms with Gasteiger partial charge in [-0.05, 0) is 6.92 Å². The van der Waals surface area contributed by atoms with Crippen LogP contribution in [-0.4, -0.2) is 22.2 Å². The lowest BCUT2D eigenvalue weighted by atomic mass is 10.2. The van der Waals surface area contributed by atoms with E-state index in [9.17, 15) is 4.79 Å². The largest absolute Gasteiger partial charge is 0.465 e. The van der Waals surface area contributed by atoms with Gasteiger partial charge in [0.15, 0.2) is 0 Å². The molecule has 0 spiro atoms. The Bertz CT molecular complexity index is 248. The monoisotopic (exact) mass is 186 g/mol. The zero-order valence-electron chi connectivity index (χ0n) is 6.65. The van der Waals surface area contributed by atoms with Gasteiger partial charge < -0.3 is 10.4 Å². The normalized spacial score (nSPS) is 12.4. The van der Waals surface area contributed by atoms with Crippen molar-refractivity contribution >= 4 is 17.4 Å². The maximum absolute atomic E-state index is 10.2. The number of carboxylic acid groups (broad SMARTS) is 1. The van der Waals surface area contributed by atoms with Crippen LogP contribution >= 0.6 is 11.3 Å². The van der Waals surface area contributed by atoms with Crippen molar-refractivity contribution in [2.45, 2.75) is 19.4 Å². The van der Waals surface area contributed by atoms with Crippen molar-refractivity contribution in [2.75, 3.05) is 0 Å². The van der Waals surface area contributed by atoms with Crippen LogP contribution in [0.4, 0.5) is 4.79 Å². The van der Waals surface area contributed by atoms with Crippen molar-refractivity contribution in [3.05, 3.63) is 16.6 Å². The van der Waals surface area contributed by atoms with Gasteiger partial charge in [-0.1, -0.05) is 0 Å². The van der Waals surface area contributed by atoms with Gasteiger partial charge in [0.25, 0.3) is 0 Å². The molecule has 1 aromatic heterocycles. The molecule has 0 radical (unpaired) electrons. The summed E-state index contributed by atoms with van der Waals surface area (Å²) < 4.78 is 0. The number of thiazole rings is 1. The maximum Gasteiger partial charge on any atom is 0.404 e. The van der Waals surface area contributed by atoms with Crippen LogP contribution in [0.5, 0.6) is 0 Å². The number of aromatic nitrogens is 1. The second kappa shape index (κ2) is 4.06. The van der Waals surface area contributed by atoms with E-state index in [4.69, 9.17) is 5.11 Å². The molecule has 0 saturated carbocycles. The molecule has 0 aliphatic heterocycles. The minimum absolute atomic E-state index is 0.0791. The molecule has 66 valence electrons. The molecule has 5 heteroatoms. The Morgan fingerprint density at radius 2 is 2.67 bits per heavy atom. The Hall–Kier alpha value is -1.10.